The third-order valence-electron chi connectivity index (χ3n) is 4.49. The molecule has 4 nitrogen and oxygen atoms in total. The summed E-state index contributed by atoms with van der Waals surface area (Å²) in [5.41, 5.74) is 7.94. The van der Waals surface area contributed by atoms with E-state index in [1.807, 2.05) is 7.05 Å². The number of benzene rings is 1. The molecule has 1 fully saturated rings. The van der Waals surface area contributed by atoms with Crippen molar-refractivity contribution in [1.82, 2.24) is 4.90 Å². The number of ether oxygens (including phenoxy) is 1. The molecule has 1 saturated heterocycles. The second kappa shape index (κ2) is 7.05. The molecule has 1 aromatic rings. The molecular formula is C17H26N2O2. The lowest BCUT2D eigenvalue weighted by molar-refractivity contribution is -0.146. The van der Waals surface area contributed by atoms with Crippen LogP contribution in [0.15, 0.2) is 24.3 Å². The quantitative estimate of drug-likeness (QED) is 0.902. The third kappa shape index (κ3) is 3.63. The van der Waals surface area contributed by atoms with Gasteiger partial charge in [-0.15, -0.1) is 0 Å². The van der Waals surface area contributed by atoms with Crippen molar-refractivity contribution in [2.75, 3.05) is 26.8 Å². The smallest absolute Gasteiger partial charge is 0.230 e. The fraction of sp³-hybridized carbons (Fsp3) is 0.588. The predicted molar refractivity (Wildman–Crippen MR) is 83.8 cm³/mol. The van der Waals surface area contributed by atoms with Crippen molar-refractivity contribution in [3.8, 4) is 0 Å². The van der Waals surface area contributed by atoms with Crippen LogP contribution in [0.2, 0.25) is 0 Å². The fourth-order valence-electron chi connectivity index (χ4n) is 2.90. The van der Waals surface area contributed by atoms with E-state index in [9.17, 15) is 4.79 Å². The summed E-state index contributed by atoms with van der Waals surface area (Å²) < 4.78 is 5.37. The molecule has 1 aliphatic heterocycles. The van der Waals surface area contributed by atoms with Gasteiger partial charge in [0, 0.05) is 33.4 Å². The Morgan fingerprint density at radius 3 is 2.33 bits per heavy atom. The van der Waals surface area contributed by atoms with Gasteiger partial charge in [-0.25, -0.2) is 0 Å². The maximum Gasteiger partial charge on any atom is 0.230 e. The number of hydrogen-bond donors (Lipinski definition) is 1. The molecule has 0 atom stereocenters. The van der Waals surface area contributed by atoms with Gasteiger partial charge < -0.3 is 15.4 Å². The predicted octanol–water partition coefficient (Wildman–Crippen LogP) is 1.96. The Bertz CT molecular complexity index is 464. The molecule has 1 aromatic carbocycles. The molecule has 1 amide bonds. The van der Waals surface area contributed by atoms with Gasteiger partial charge in [0.2, 0.25) is 5.91 Å². The van der Waals surface area contributed by atoms with E-state index in [1.165, 1.54) is 5.56 Å². The van der Waals surface area contributed by atoms with Crippen molar-refractivity contribution < 1.29 is 9.53 Å². The second-order valence-corrected chi connectivity index (χ2v) is 5.93. The molecule has 0 aromatic heterocycles. The topological polar surface area (TPSA) is 55.6 Å². The lowest BCUT2D eigenvalue weighted by Gasteiger charge is -2.37. The first-order chi connectivity index (χ1) is 10.1. The van der Waals surface area contributed by atoms with Gasteiger partial charge in [-0.2, -0.15) is 0 Å². The number of nitrogens with two attached hydrogens (primary N) is 1. The molecule has 2 rings (SSSR count). The van der Waals surface area contributed by atoms with Gasteiger partial charge in [-0.3, -0.25) is 4.79 Å². The number of carbonyl (C=O) groups is 1. The minimum Gasteiger partial charge on any atom is -0.381 e. The van der Waals surface area contributed by atoms with Crippen LogP contribution in [-0.4, -0.2) is 37.6 Å². The highest BCUT2D eigenvalue weighted by Crippen LogP contribution is 2.31. The van der Waals surface area contributed by atoms with E-state index < -0.39 is 5.41 Å². The molecule has 0 unspecified atom stereocenters. The van der Waals surface area contributed by atoms with Crippen molar-refractivity contribution in [2.45, 2.75) is 32.7 Å². The highest BCUT2D eigenvalue weighted by Gasteiger charge is 2.40. The molecule has 1 aliphatic rings. The summed E-state index contributed by atoms with van der Waals surface area (Å²) in [6.07, 6.45) is 2.48. The number of hydrogen-bond acceptors (Lipinski definition) is 3. The van der Waals surface area contributed by atoms with Crippen molar-refractivity contribution >= 4 is 5.91 Å². The molecule has 0 spiro atoms. The maximum absolute atomic E-state index is 12.8. The monoisotopic (exact) mass is 290 g/mol. The van der Waals surface area contributed by atoms with Crippen molar-refractivity contribution in [3.63, 3.8) is 0 Å². The molecule has 4 heteroatoms. The molecule has 2 N–H and O–H groups in total. The van der Waals surface area contributed by atoms with Crippen LogP contribution in [0, 0.1) is 5.41 Å². The summed E-state index contributed by atoms with van der Waals surface area (Å²) in [5.74, 6) is 0.146. The SMILES string of the molecule is CCc1ccc(CN(C)C(=O)C2(CN)CCOCC2)cc1. The van der Waals surface area contributed by atoms with Crippen LogP contribution in [0.25, 0.3) is 0 Å². The van der Waals surface area contributed by atoms with Crippen LogP contribution in [0.1, 0.15) is 30.9 Å². The van der Waals surface area contributed by atoms with Crippen LogP contribution in [-0.2, 0) is 22.5 Å². The van der Waals surface area contributed by atoms with Gasteiger partial charge in [-0.1, -0.05) is 31.2 Å². The van der Waals surface area contributed by atoms with Gasteiger partial charge in [0.25, 0.3) is 0 Å². The Balaban J connectivity index is 2.03. The summed E-state index contributed by atoms with van der Waals surface area (Å²) in [7, 11) is 1.86. The molecule has 0 saturated carbocycles. The van der Waals surface area contributed by atoms with E-state index in [1.54, 1.807) is 4.90 Å². The van der Waals surface area contributed by atoms with E-state index >= 15 is 0 Å². The zero-order valence-electron chi connectivity index (χ0n) is 13.1. The summed E-state index contributed by atoms with van der Waals surface area (Å²) >= 11 is 0. The van der Waals surface area contributed by atoms with Gasteiger partial charge in [0.05, 0.1) is 5.41 Å². The molecule has 116 valence electrons. The van der Waals surface area contributed by atoms with Crippen LogP contribution in [0.3, 0.4) is 0 Å². The van der Waals surface area contributed by atoms with Crippen LogP contribution < -0.4 is 5.73 Å². The van der Waals surface area contributed by atoms with Gasteiger partial charge in [0.1, 0.15) is 0 Å². The number of amides is 1. The first-order valence-electron chi connectivity index (χ1n) is 7.72. The summed E-state index contributed by atoms with van der Waals surface area (Å²) in [6, 6.07) is 8.45. The molecule has 0 aliphatic carbocycles. The Hall–Kier alpha value is -1.39. The standard InChI is InChI=1S/C17H26N2O2/c1-3-14-4-6-15(7-5-14)12-19(2)16(20)17(13-18)8-10-21-11-9-17/h4-7H,3,8-13,18H2,1-2H3. The third-order valence-corrected chi connectivity index (χ3v) is 4.49. The normalized spacial score (nSPS) is 17.5. The zero-order valence-corrected chi connectivity index (χ0v) is 13.1. The average Bonchev–Trinajstić information content (AvgIpc) is 2.55. The van der Waals surface area contributed by atoms with Gasteiger partial charge in [0.15, 0.2) is 0 Å². The number of carbonyl (C=O) groups excluding carboxylic acids is 1. The van der Waals surface area contributed by atoms with Crippen molar-refractivity contribution in [3.05, 3.63) is 35.4 Å². The van der Waals surface area contributed by atoms with E-state index in [0.717, 1.165) is 24.8 Å². The Morgan fingerprint density at radius 1 is 1.24 bits per heavy atom. The highest BCUT2D eigenvalue weighted by molar-refractivity contribution is 5.83. The first kappa shape index (κ1) is 16.0. The number of rotatable bonds is 5. The lowest BCUT2D eigenvalue weighted by atomic mass is 9.79. The van der Waals surface area contributed by atoms with Crippen LogP contribution >= 0.6 is 0 Å². The van der Waals surface area contributed by atoms with E-state index in [0.29, 0.717) is 26.3 Å². The van der Waals surface area contributed by atoms with Gasteiger partial charge >= 0.3 is 0 Å². The average molecular weight is 290 g/mol. The van der Waals surface area contributed by atoms with Crippen LogP contribution in [0.4, 0.5) is 0 Å². The summed E-state index contributed by atoms with van der Waals surface area (Å²) in [6.45, 7) is 4.42. The fourth-order valence-corrected chi connectivity index (χ4v) is 2.90. The highest BCUT2D eigenvalue weighted by atomic mass is 16.5. The van der Waals surface area contributed by atoms with E-state index in [-0.39, 0.29) is 5.91 Å². The maximum atomic E-state index is 12.8. The van der Waals surface area contributed by atoms with Gasteiger partial charge in [-0.05, 0) is 30.4 Å². The molecule has 21 heavy (non-hydrogen) atoms. The second-order valence-electron chi connectivity index (χ2n) is 5.93. The molecule has 1 heterocycles. The minimum absolute atomic E-state index is 0.146. The Kier molecular flexibility index (Phi) is 5.37. The summed E-state index contributed by atoms with van der Waals surface area (Å²) in [5, 5.41) is 0. The Morgan fingerprint density at radius 2 is 1.81 bits per heavy atom. The Labute approximate surface area is 127 Å². The lowest BCUT2D eigenvalue weighted by Crippen LogP contribution is -2.49. The minimum atomic E-state index is -0.434. The van der Waals surface area contributed by atoms with Crippen LogP contribution in [0.5, 0.6) is 0 Å². The molecule has 0 radical (unpaired) electrons. The number of aryl methyl sites for hydroxylation is 1. The molecular weight excluding hydrogens is 264 g/mol. The number of nitrogens with zero attached hydrogens (tertiary/aromatic N) is 1. The van der Waals surface area contributed by atoms with Crippen molar-refractivity contribution in [1.29, 1.82) is 0 Å². The largest absolute Gasteiger partial charge is 0.381 e. The zero-order chi connectivity index (χ0) is 15.3. The van der Waals surface area contributed by atoms with Crippen molar-refractivity contribution in [2.24, 2.45) is 11.1 Å². The van der Waals surface area contributed by atoms with E-state index in [2.05, 4.69) is 31.2 Å². The first-order valence-corrected chi connectivity index (χ1v) is 7.72. The van der Waals surface area contributed by atoms with E-state index in [4.69, 9.17) is 10.5 Å². The molecule has 0 bridgehead atoms. The summed E-state index contributed by atoms with van der Waals surface area (Å²) in [4.78, 5) is 14.6.